The molecule has 0 spiro atoms. The number of benzene rings is 1. The predicted molar refractivity (Wildman–Crippen MR) is 126 cm³/mol. The number of aliphatic imine (C=N–C) groups is 1. The number of hydrogen-bond acceptors (Lipinski definition) is 4. The summed E-state index contributed by atoms with van der Waals surface area (Å²) < 4.78 is 5.42. The van der Waals surface area contributed by atoms with E-state index in [9.17, 15) is 0 Å². The fourth-order valence-corrected chi connectivity index (χ4v) is 3.26. The third kappa shape index (κ3) is 5.86. The van der Waals surface area contributed by atoms with Gasteiger partial charge in [0.1, 0.15) is 6.54 Å². The van der Waals surface area contributed by atoms with Crippen molar-refractivity contribution in [3.8, 4) is 0 Å². The Labute approximate surface area is 185 Å². The molecule has 0 unspecified atom stereocenters. The first-order chi connectivity index (χ1) is 13.1. The van der Waals surface area contributed by atoms with E-state index in [2.05, 4.69) is 72.2 Å². The molecule has 1 aromatic carbocycles. The quantitative estimate of drug-likeness (QED) is 0.385. The summed E-state index contributed by atoms with van der Waals surface area (Å²) in [4.78, 5) is 9.54. The highest BCUT2D eigenvalue weighted by atomic mass is 127. The lowest BCUT2D eigenvalue weighted by Crippen LogP contribution is -2.52. The standard InChI is InChI=1S/C21H31N5O.HI/c1-5-22-21(23-15-19-14-20(16(2)3)24-27-19)26-11-9-25(10-12-26)18-8-6-7-17(4)13-18;/h6-8,13-14,16H,5,9-12,15H2,1-4H3,(H,22,23);1H. The fourth-order valence-electron chi connectivity index (χ4n) is 3.26. The summed E-state index contributed by atoms with van der Waals surface area (Å²) in [7, 11) is 0. The van der Waals surface area contributed by atoms with Crippen LogP contribution in [0.25, 0.3) is 0 Å². The molecule has 0 atom stereocenters. The molecule has 0 amide bonds. The van der Waals surface area contributed by atoms with Gasteiger partial charge in [0.05, 0.1) is 5.69 Å². The van der Waals surface area contributed by atoms with Crippen molar-refractivity contribution in [3.05, 3.63) is 47.3 Å². The predicted octanol–water partition coefficient (Wildman–Crippen LogP) is 4.01. The van der Waals surface area contributed by atoms with Gasteiger partial charge in [0.15, 0.2) is 11.7 Å². The Morgan fingerprint density at radius 3 is 2.57 bits per heavy atom. The summed E-state index contributed by atoms with van der Waals surface area (Å²) in [5, 5.41) is 7.53. The van der Waals surface area contributed by atoms with E-state index >= 15 is 0 Å². The highest BCUT2D eigenvalue weighted by Crippen LogP contribution is 2.18. The van der Waals surface area contributed by atoms with Gasteiger partial charge in [-0.05, 0) is 37.5 Å². The number of aromatic nitrogens is 1. The number of piperazine rings is 1. The van der Waals surface area contributed by atoms with E-state index in [1.807, 2.05) is 6.07 Å². The molecule has 1 aromatic heterocycles. The number of nitrogens with one attached hydrogen (secondary N) is 1. The van der Waals surface area contributed by atoms with Crippen LogP contribution in [0.1, 0.15) is 43.7 Å². The molecule has 154 valence electrons. The summed E-state index contributed by atoms with van der Waals surface area (Å²) >= 11 is 0. The van der Waals surface area contributed by atoms with Crippen molar-refractivity contribution in [2.75, 3.05) is 37.6 Å². The number of halogens is 1. The van der Waals surface area contributed by atoms with Crippen LogP contribution in [0.2, 0.25) is 0 Å². The third-order valence-corrected chi connectivity index (χ3v) is 4.83. The normalized spacial score (nSPS) is 15.0. The molecule has 1 N–H and O–H groups in total. The van der Waals surface area contributed by atoms with Gasteiger partial charge in [-0.25, -0.2) is 4.99 Å². The van der Waals surface area contributed by atoms with Crippen molar-refractivity contribution in [2.24, 2.45) is 4.99 Å². The Morgan fingerprint density at radius 1 is 1.21 bits per heavy atom. The monoisotopic (exact) mass is 497 g/mol. The minimum atomic E-state index is 0. The van der Waals surface area contributed by atoms with Crippen LogP contribution < -0.4 is 10.2 Å². The van der Waals surface area contributed by atoms with Crippen LogP contribution in [0.15, 0.2) is 39.8 Å². The highest BCUT2D eigenvalue weighted by molar-refractivity contribution is 14.0. The topological polar surface area (TPSA) is 56.9 Å². The molecular formula is C21H32IN5O. The van der Waals surface area contributed by atoms with Crippen molar-refractivity contribution < 1.29 is 4.52 Å². The van der Waals surface area contributed by atoms with E-state index < -0.39 is 0 Å². The fraction of sp³-hybridized carbons (Fsp3) is 0.524. The Morgan fingerprint density at radius 2 is 1.96 bits per heavy atom. The molecule has 28 heavy (non-hydrogen) atoms. The average Bonchev–Trinajstić information content (AvgIpc) is 3.15. The highest BCUT2D eigenvalue weighted by Gasteiger charge is 2.20. The zero-order valence-corrected chi connectivity index (χ0v) is 19.6. The zero-order chi connectivity index (χ0) is 19.2. The smallest absolute Gasteiger partial charge is 0.194 e. The molecular weight excluding hydrogens is 465 g/mol. The number of aryl methyl sites for hydroxylation is 1. The number of hydrogen-bond donors (Lipinski definition) is 1. The first-order valence-corrected chi connectivity index (χ1v) is 9.87. The van der Waals surface area contributed by atoms with Crippen molar-refractivity contribution in [3.63, 3.8) is 0 Å². The lowest BCUT2D eigenvalue weighted by Gasteiger charge is -2.37. The van der Waals surface area contributed by atoms with Gasteiger partial charge in [-0.3, -0.25) is 0 Å². The minimum absolute atomic E-state index is 0. The number of rotatable bonds is 5. The van der Waals surface area contributed by atoms with Gasteiger partial charge in [-0.2, -0.15) is 0 Å². The maximum atomic E-state index is 5.42. The van der Waals surface area contributed by atoms with Gasteiger partial charge >= 0.3 is 0 Å². The Balaban J connectivity index is 0.00000280. The molecule has 2 heterocycles. The molecule has 1 aliphatic heterocycles. The van der Waals surface area contributed by atoms with Crippen LogP contribution in [-0.4, -0.2) is 48.7 Å². The number of guanidine groups is 1. The van der Waals surface area contributed by atoms with Crippen molar-refractivity contribution >= 4 is 35.6 Å². The second-order valence-electron chi connectivity index (χ2n) is 7.36. The first-order valence-electron chi connectivity index (χ1n) is 9.87. The zero-order valence-electron chi connectivity index (χ0n) is 17.3. The molecule has 7 heteroatoms. The van der Waals surface area contributed by atoms with E-state index in [-0.39, 0.29) is 24.0 Å². The minimum Gasteiger partial charge on any atom is -0.368 e. The van der Waals surface area contributed by atoms with Crippen LogP contribution in [-0.2, 0) is 6.54 Å². The third-order valence-electron chi connectivity index (χ3n) is 4.83. The maximum Gasteiger partial charge on any atom is 0.194 e. The second kappa shape index (κ2) is 10.7. The summed E-state index contributed by atoms with van der Waals surface area (Å²) in [6.07, 6.45) is 0. The molecule has 0 radical (unpaired) electrons. The summed E-state index contributed by atoms with van der Waals surface area (Å²) in [5.74, 6) is 2.13. The second-order valence-corrected chi connectivity index (χ2v) is 7.36. The van der Waals surface area contributed by atoms with Gasteiger partial charge in [-0.1, -0.05) is 31.1 Å². The van der Waals surface area contributed by atoms with E-state index in [0.717, 1.165) is 50.1 Å². The summed E-state index contributed by atoms with van der Waals surface area (Å²) in [6, 6.07) is 10.7. The van der Waals surface area contributed by atoms with Gasteiger partial charge in [0.25, 0.3) is 0 Å². The lowest BCUT2D eigenvalue weighted by molar-refractivity contribution is 0.364. The number of anilines is 1. The molecule has 6 nitrogen and oxygen atoms in total. The average molecular weight is 497 g/mol. The molecule has 0 bridgehead atoms. The lowest BCUT2D eigenvalue weighted by atomic mass is 10.1. The van der Waals surface area contributed by atoms with E-state index in [1.54, 1.807) is 0 Å². The van der Waals surface area contributed by atoms with Crippen LogP contribution in [0.5, 0.6) is 0 Å². The van der Waals surface area contributed by atoms with Crippen LogP contribution in [0.3, 0.4) is 0 Å². The SMILES string of the molecule is CCNC(=NCc1cc(C(C)C)no1)N1CCN(c2cccc(C)c2)CC1.I. The summed E-state index contributed by atoms with van der Waals surface area (Å²) in [6.45, 7) is 13.7. The van der Waals surface area contributed by atoms with E-state index in [0.29, 0.717) is 12.5 Å². The van der Waals surface area contributed by atoms with E-state index in [4.69, 9.17) is 9.52 Å². The Hall–Kier alpha value is -1.77. The maximum absolute atomic E-state index is 5.42. The molecule has 0 aliphatic carbocycles. The van der Waals surface area contributed by atoms with Crippen LogP contribution in [0.4, 0.5) is 5.69 Å². The van der Waals surface area contributed by atoms with Gasteiger partial charge in [0.2, 0.25) is 0 Å². The molecule has 2 aromatic rings. The largest absolute Gasteiger partial charge is 0.368 e. The molecule has 3 rings (SSSR count). The number of nitrogens with zero attached hydrogens (tertiary/aromatic N) is 4. The molecule has 1 fully saturated rings. The van der Waals surface area contributed by atoms with Crippen molar-refractivity contribution in [1.82, 2.24) is 15.4 Å². The molecule has 1 saturated heterocycles. The van der Waals surface area contributed by atoms with Gasteiger partial charge in [-0.15, -0.1) is 24.0 Å². The Bertz CT molecular complexity index is 766. The van der Waals surface area contributed by atoms with Crippen LogP contribution in [0, 0.1) is 6.92 Å². The molecule has 0 saturated carbocycles. The first kappa shape index (κ1) is 22.5. The van der Waals surface area contributed by atoms with Crippen LogP contribution >= 0.6 is 24.0 Å². The van der Waals surface area contributed by atoms with Crippen molar-refractivity contribution in [2.45, 2.75) is 40.2 Å². The van der Waals surface area contributed by atoms with E-state index in [1.165, 1.54) is 11.3 Å². The summed E-state index contributed by atoms with van der Waals surface area (Å²) in [5.41, 5.74) is 3.59. The van der Waals surface area contributed by atoms with Crippen molar-refractivity contribution in [1.29, 1.82) is 0 Å². The molecule has 1 aliphatic rings. The van der Waals surface area contributed by atoms with Gasteiger partial charge in [0, 0.05) is 44.5 Å². The van der Waals surface area contributed by atoms with Gasteiger partial charge < -0.3 is 19.6 Å². The Kier molecular flexibility index (Phi) is 8.59.